The Balaban J connectivity index is 1.63. The summed E-state index contributed by atoms with van der Waals surface area (Å²) in [4.78, 5) is 15.1. The van der Waals surface area contributed by atoms with Crippen LogP contribution < -0.4 is 9.64 Å². The number of aryl methyl sites for hydroxylation is 1. The second-order valence-electron chi connectivity index (χ2n) is 6.71. The molecule has 0 aliphatic carbocycles. The van der Waals surface area contributed by atoms with Crippen molar-refractivity contribution in [1.82, 2.24) is 0 Å². The summed E-state index contributed by atoms with van der Waals surface area (Å²) in [6, 6.07) is 22.3. The van der Waals surface area contributed by atoms with Crippen LogP contribution in [0.25, 0.3) is 10.8 Å². The standard InChI is InChI=1S/C23H23NO2/c1-2-21(26-22-15-7-11-17-9-3-5-13-19(17)22)23(25)24-16-8-12-18-10-4-6-14-20(18)24/h3-7,9-11,13-15,21H,2,8,12,16H2,1H3/t21-/m0/s1. The first-order valence-corrected chi connectivity index (χ1v) is 9.31. The molecule has 132 valence electrons. The van der Waals surface area contributed by atoms with Crippen LogP contribution in [0, 0.1) is 0 Å². The van der Waals surface area contributed by atoms with Crippen molar-refractivity contribution >= 4 is 22.4 Å². The van der Waals surface area contributed by atoms with Gasteiger partial charge in [0.25, 0.3) is 5.91 Å². The van der Waals surface area contributed by atoms with Crippen molar-refractivity contribution < 1.29 is 9.53 Å². The third-order valence-corrected chi connectivity index (χ3v) is 5.04. The average Bonchev–Trinajstić information content (AvgIpc) is 2.71. The Morgan fingerprint density at radius 3 is 2.69 bits per heavy atom. The molecular formula is C23H23NO2. The van der Waals surface area contributed by atoms with E-state index in [4.69, 9.17) is 4.74 Å². The molecule has 3 nitrogen and oxygen atoms in total. The van der Waals surface area contributed by atoms with Gasteiger partial charge in [-0.15, -0.1) is 0 Å². The number of ether oxygens (including phenoxy) is 1. The van der Waals surface area contributed by atoms with Gasteiger partial charge in [-0.3, -0.25) is 4.79 Å². The highest BCUT2D eigenvalue weighted by Gasteiger charge is 2.29. The molecular weight excluding hydrogens is 322 g/mol. The number of carbonyl (C=O) groups excluding carboxylic acids is 1. The van der Waals surface area contributed by atoms with Crippen molar-refractivity contribution in [1.29, 1.82) is 0 Å². The van der Waals surface area contributed by atoms with E-state index in [0.29, 0.717) is 6.42 Å². The molecule has 0 spiro atoms. The molecule has 3 heteroatoms. The number of carbonyl (C=O) groups is 1. The minimum absolute atomic E-state index is 0.0487. The molecule has 1 amide bonds. The lowest BCUT2D eigenvalue weighted by molar-refractivity contribution is -0.125. The lowest BCUT2D eigenvalue weighted by Crippen LogP contribution is -2.44. The molecule has 0 fully saturated rings. The molecule has 0 saturated heterocycles. The van der Waals surface area contributed by atoms with E-state index in [-0.39, 0.29) is 5.91 Å². The van der Waals surface area contributed by atoms with Crippen LogP contribution in [0.4, 0.5) is 5.69 Å². The van der Waals surface area contributed by atoms with Gasteiger partial charge >= 0.3 is 0 Å². The number of anilines is 1. The van der Waals surface area contributed by atoms with Crippen molar-refractivity contribution in [3.63, 3.8) is 0 Å². The Labute approximate surface area is 154 Å². The van der Waals surface area contributed by atoms with Gasteiger partial charge in [0.15, 0.2) is 6.10 Å². The van der Waals surface area contributed by atoms with Gasteiger partial charge in [-0.2, -0.15) is 0 Å². The zero-order valence-corrected chi connectivity index (χ0v) is 15.0. The second kappa shape index (κ2) is 7.20. The second-order valence-corrected chi connectivity index (χ2v) is 6.71. The van der Waals surface area contributed by atoms with Crippen LogP contribution in [0.3, 0.4) is 0 Å². The summed E-state index contributed by atoms with van der Waals surface area (Å²) in [6.07, 6.45) is 2.18. The van der Waals surface area contributed by atoms with E-state index in [9.17, 15) is 4.79 Å². The van der Waals surface area contributed by atoms with Crippen molar-refractivity contribution in [2.75, 3.05) is 11.4 Å². The first-order valence-electron chi connectivity index (χ1n) is 9.31. The summed E-state index contributed by atoms with van der Waals surface area (Å²) in [5.41, 5.74) is 2.27. The molecule has 0 unspecified atom stereocenters. The predicted molar refractivity (Wildman–Crippen MR) is 106 cm³/mol. The summed E-state index contributed by atoms with van der Waals surface area (Å²) in [5.74, 6) is 0.821. The minimum atomic E-state index is -0.480. The lowest BCUT2D eigenvalue weighted by Gasteiger charge is -2.32. The van der Waals surface area contributed by atoms with Crippen LogP contribution in [-0.4, -0.2) is 18.6 Å². The average molecular weight is 345 g/mol. The van der Waals surface area contributed by atoms with Crippen LogP contribution in [0.2, 0.25) is 0 Å². The molecule has 1 heterocycles. The molecule has 0 saturated carbocycles. The summed E-state index contributed by atoms with van der Waals surface area (Å²) >= 11 is 0. The smallest absolute Gasteiger partial charge is 0.268 e. The molecule has 3 aromatic rings. The molecule has 0 radical (unpaired) electrons. The number of hydrogen-bond acceptors (Lipinski definition) is 2. The van der Waals surface area contributed by atoms with Crippen LogP contribution in [0.1, 0.15) is 25.3 Å². The van der Waals surface area contributed by atoms with Crippen LogP contribution in [0.5, 0.6) is 5.75 Å². The predicted octanol–water partition coefficient (Wildman–Crippen LogP) is 4.98. The van der Waals surface area contributed by atoms with E-state index in [1.807, 2.05) is 60.4 Å². The van der Waals surface area contributed by atoms with Crippen molar-refractivity contribution in [3.05, 3.63) is 72.3 Å². The topological polar surface area (TPSA) is 29.5 Å². The number of hydrogen-bond donors (Lipinski definition) is 0. The van der Waals surface area contributed by atoms with Gasteiger partial charge in [-0.1, -0.05) is 61.5 Å². The molecule has 1 atom stereocenters. The fourth-order valence-electron chi connectivity index (χ4n) is 3.70. The molecule has 1 aliphatic rings. The highest BCUT2D eigenvalue weighted by atomic mass is 16.5. The van der Waals surface area contributed by atoms with Gasteiger partial charge in [-0.25, -0.2) is 0 Å². The molecule has 0 N–H and O–H groups in total. The monoisotopic (exact) mass is 345 g/mol. The molecule has 26 heavy (non-hydrogen) atoms. The van der Waals surface area contributed by atoms with Crippen molar-refractivity contribution in [2.24, 2.45) is 0 Å². The maximum absolute atomic E-state index is 13.2. The third-order valence-electron chi connectivity index (χ3n) is 5.04. The molecule has 3 aromatic carbocycles. The van der Waals surface area contributed by atoms with Gasteiger partial charge in [-0.05, 0) is 42.3 Å². The Bertz CT molecular complexity index is 929. The number of fused-ring (bicyclic) bond motifs is 2. The molecule has 4 rings (SSSR count). The van der Waals surface area contributed by atoms with Crippen LogP contribution >= 0.6 is 0 Å². The fourth-order valence-corrected chi connectivity index (χ4v) is 3.70. The number of amides is 1. The van der Waals surface area contributed by atoms with E-state index in [0.717, 1.165) is 41.6 Å². The maximum Gasteiger partial charge on any atom is 0.268 e. The molecule has 1 aliphatic heterocycles. The Kier molecular flexibility index (Phi) is 4.61. The maximum atomic E-state index is 13.2. The van der Waals surface area contributed by atoms with Gasteiger partial charge in [0.1, 0.15) is 5.75 Å². The number of nitrogens with zero attached hydrogens (tertiary/aromatic N) is 1. The Hall–Kier alpha value is -2.81. The normalized spacial score (nSPS) is 14.7. The van der Waals surface area contributed by atoms with E-state index < -0.39 is 6.10 Å². The first-order chi connectivity index (χ1) is 12.8. The summed E-state index contributed by atoms with van der Waals surface area (Å²) in [5, 5.41) is 2.16. The van der Waals surface area contributed by atoms with Gasteiger partial charge in [0, 0.05) is 17.6 Å². The quantitative estimate of drug-likeness (QED) is 0.668. The Morgan fingerprint density at radius 2 is 1.81 bits per heavy atom. The highest BCUT2D eigenvalue weighted by Crippen LogP contribution is 2.30. The first kappa shape index (κ1) is 16.6. The molecule has 0 aromatic heterocycles. The number of rotatable bonds is 4. The zero-order chi connectivity index (χ0) is 17.9. The van der Waals surface area contributed by atoms with Crippen molar-refractivity contribution in [2.45, 2.75) is 32.3 Å². The highest BCUT2D eigenvalue weighted by molar-refractivity contribution is 5.98. The van der Waals surface area contributed by atoms with Crippen LogP contribution in [-0.2, 0) is 11.2 Å². The minimum Gasteiger partial charge on any atom is -0.480 e. The van der Waals surface area contributed by atoms with E-state index in [1.165, 1.54) is 5.56 Å². The third kappa shape index (κ3) is 3.05. The fraction of sp³-hybridized carbons (Fsp3) is 0.261. The molecule has 0 bridgehead atoms. The van der Waals surface area contributed by atoms with Gasteiger partial charge in [0.2, 0.25) is 0 Å². The SMILES string of the molecule is CC[C@H](Oc1cccc2ccccc12)C(=O)N1CCCc2ccccc21. The summed E-state index contributed by atoms with van der Waals surface area (Å²) < 4.78 is 6.22. The van der Waals surface area contributed by atoms with Gasteiger partial charge < -0.3 is 9.64 Å². The van der Waals surface area contributed by atoms with E-state index in [1.54, 1.807) is 0 Å². The zero-order valence-electron chi connectivity index (χ0n) is 15.0. The van der Waals surface area contributed by atoms with E-state index >= 15 is 0 Å². The number of para-hydroxylation sites is 1. The van der Waals surface area contributed by atoms with Crippen molar-refractivity contribution in [3.8, 4) is 5.75 Å². The van der Waals surface area contributed by atoms with E-state index in [2.05, 4.69) is 18.2 Å². The summed E-state index contributed by atoms with van der Waals surface area (Å²) in [6.45, 7) is 2.76. The number of benzene rings is 3. The van der Waals surface area contributed by atoms with Crippen LogP contribution in [0.15, 0.2) is 66.7 Å². The lowest BCUT2D eigenvalue weighted by atomic mass is 10.0. The summed E-state index contributed by atoms with van der Waals surface area (Å²) in [7, 11) is 0. The largest absolute Gasteiger partial charge is 0.480 e. The Morgan fingerprint density at radius 1 is 1.04 bits per heavy atom. The van der Waals surface area contributed by atoms with Gasteiger partial charge in [0.05, 0.1) is 0 Å².